The number of hydrogen-bond acceptors (Lipinski definition) is 14. The summed E-state index contributed by atoms with van der Waals surface area (Å²) in [5.74, 6) is -3.61. The molecule has 0 radical (unpaired) electrons. The number of halogens is 3. The Morgan fingerprint density at radius 3 is 1.98 bits per heavy atom. The van der Waals surface area contributed by atoms with Crippen molar-refractivity contribution >= 4 is 34.0 Å². The molecule has 4 rings (SSSR count). The Labute approximate surface area is 290 Å². The van der Waals surface area contributed by atoms with Gasteiger partial charge in [0.25, 0.3) is 0 Å². The number of nitriles is 1. The summed E-state index contributed by atoms with van der Waals surface area (Å²) in [6.45, 7) is 3.93. The van der Waals surface area contributed by atoms with E-state index >= 15 is 0 Å². The number of ether oxygens (including phenoxy) is 6. The fourth-order valence-corrected chi connectivity index (χ4v) is 5.88. The van der Waals surface area contributed by atoms with Gasteiger partial charge in [-0.15, -0.1) is 0 Å². The predicted octanol–water partition coefficient (Wildman–Crippen LogP) is 4.11. The van der Waals surface area contributed by atoms with Crippen molar-refractivity contribution in [2.75, 3.05) is 6.61 Å². The number of alkyl halides is 3. The van der Waals surface area contributed by atoms with Crippen LogP contribution in [0, 0.1) is 11.3 Å². The molecular formula is C33H34F3NO13S. The molecule has 0 unspecified atom stereocenters. The van der Waals surface area contributed by atoms with E-state index in [9.17, 15) is 46.0 Å². The van der Waals surface area contributed by atoms with Gasteiger partial charge >= 0.3 is 39.5 Å². The number of esters is 4. The summed E-state index contributed by atoms with van der Waals surface area (Å²) < 4.78 is 99.9. The molecule has 2 aliphatic rings. The monoisotopic (exact) mass is 741 g/mol. The fraction of sp³-hybridized carbons (Fsp3) is 0.485. The van der Waals surface area contributed by atoms with Crippen LogP contribution in [0.3, 0.4) is 0 Å². The molecule has 1 heterocycles. The van der Waals surface area contributed by atoms with Gasteiger partial charge in [0.1, 0.15) is 30.3 Å². The van der Waals surface area contributed by atoms with Gasteiger partial charge in [0, 0.05) is 33.3 Å². The molecule has 2 fully saturated rings. The molecule has 1 saturated carbocycles. The Kier molecular flexibility index (Phi) is 12.2. The molecule has 276 valence electrons. The normalized spacial score (nSPS) is 22.0. The lowest BCUT2D eigenvalue weighted by Crippen LogP contribution is -2.59. The molecule has 0 aromatic heterocycles. The Morgan fingerprint density at radius 1 is 0.882 bits per heavy atom. The fourth-order valence-electron chi connectivity index (χ4n) is 5.42. The van der Waals surface area contributed by atoms with Crippen molar-refractivity contribution in [3.05, 3.63) is 58.7 Å². The van der Waals surface area contributed by atoms with Crippen LogP contribution in [0.4, 0.5) is 13.2 Å². The average Bonchev–Trinajstić information content (AvgIpc) is 3.00. The molecule has 2 aromatic rings. The van der Waals surface area contributed by atoms with E-state index in [4.69, 9.17) is 28.4 Å². The predicted molar refractivity (Wildman–Crippen MR) is 165 cm³/mol. The summed E-state index contributed by atoms with van der Waals surface area (Å²) in [4.78, 5) is 48.8. The molecular weight excluding hydrogens is 707 g/mol. The second kappa shape index (κ2) is 16.0. The molecule has 1 aliphatic carbocycles. The van der Waals surface area contributed by atoms with Crippen molar-refractivity contribution < 1.29 is 73.4 Å². The van der Waals surface area contributed by atoms with Crippen LogP contribution in [0.5, 0.6) is 11.5 Å². The largest absolute Gasteiger partial charge is 0.534 e. The van der Waals surface area contributed by atoms with Gasteiger partial charge < -0.3 is 32.6 Å². The number of hydrogen-bond donors (Lipinski definition) is 0. The Balaban J connectivity index is 1.83. The lowest BCUT2D eigenvalue weighted by atomic mass is 9.87. The summed E-state index contributed by atoms with van der Waals surface area (Å²) in [5.41, 5.74) is -4.55. The third-order valence-electron chi connectivity index (χ3n) is 7.81. The van der Waals surface area contributed by atoms with E-state index in [1.165, 1.54) is 24.3 Å². The second-order valence-electron chi connectivity index (χ2n) is 11.8. The van der Waals surface area contributed by atoms with Gasteiger partial charge in [0.2, 0.25) is 0 Å². The van der Waals surface area contributed by atoms with Gasteiger partial charge in [0.15, 0.2) is 18.3 Å². The first-order valence-electron chi connectivity index (χ1n) is 15.5. The third kappa shape index (κ3) is 9.88. The van der Waals surface area contributed by atoms with Crippen molar-refractivity contribution in [1.29, 1.82) is 5.26 Å². The first kappa shape index (κ1) is 38.9. The van der Waals surface area contributed by atoms with E-state index in [0.29, 0.717) is 24.0 Å². The van der Waals surface area contributed by atoms with E-state index in [2.05, 4.69) is 10.3 Å². The Hall–Kier alpha value is -4.89. The third-order valence-corrected chi connectivity index (χ3v) is 8.79. The van der Waals surface area contributed by atoms with Crippen LogP contribution in [-0.4, -0.2) is 74.9 Å². The van der Waals surface area contributed by atoms with E-state index in [1.54, 1.807) is 0 Å². The molecule has 0 spiro atoms. The number of benzene rings is 2. The Bertz CT molecular complexity index is 1790. The molecule has 1 saturated heterocycles. The van der Waals surface area contributed by atoms with Crippen LogP contribution < -0.4 is 8.92 Å². The van der Waals surface area contributed by atoms with E-state index in [1.807, 2.05) is 0 Å². The number of rotatable bonds is 12. The van der Waals surface area contributed by atoms with Crippen LogP contribution in [-0.2, 0) is 59.4 Å². The molecule has 51 heavy (non-hydrogen) atoms. The molecule has 2 aromatic carbocycles. The summed E-state index contributed by atoms with van der Waals surface area (Å²) in [7, 11) is -5.91. The molecule has 5 atom stereocenters. The molecule has 0 N–H and O–H groups in total. The highest BCUT2D eigenvalue weighted by Gasteiger charge is 2.53. The van der Waals surface area contributed by atoms with Crippen LogP contribution in [0.1, 0.15) is 75.3 Å². The van der Waals surface area contributed by atoms with Crippen molar-refractivity contribution in [1.82, 2.24) is 0 Å². The van der Waals surface area contributed by atoms with Crippen LogP contribution in [0.15, 0.2) is 36.4 Å². The van der Waals surface area contributed by atoms with Crippen LogP contribution in [0.2, 0.25) is 0 Å². The highest BCUT2D eigenvalue weighted by atomic mass is 32.2. The number of carbonyl (C=O) groups excluding carboxylic acids is 4. The summed E-state index contributed by atoms with van der Waals surface area (Å²) in [6, 6.07) is 9.67. The molecule has 1 aliphatic heterocycles. The molecule has 0 bridgehead atoms. The minimum Gasteiger partial charge on any atom is -0.490 e. The lowest BCUT2D eigenvalue weighted by Gasteiger charge is -2.45. The van der Waals surface area contributed by atoms with Crippen molar-refractivity contribution in [2.24, 2.45) is 0 Å². The van der Waals surface area contributed by atoms with Gasteiger partial charge in [-0.05, 0) is 61.1 Å². The zero-order valence-electron chi connectivity index (χ0n) is 27.8. The van der Waals surface area contributed by atoms with E-state index in [-0.39, 0.29) is 29.4 Å². The highest BCUT2D eigenvalue weighted by molar-refractivity contribution is 7.88. The van der Waals surface area contributed by atoms with Gasteiger partial charge in [-0.25, -0.2) is 0 Å². The number of nitrogens with zero attached hydrogens (tertiary/aromatic N) is 1. The van der Waals surface area contributed by atoms with Gasteiger partial charge in [0.05, 0.1) is 17.7 Å². The number of carbonyl (C=O) groups is 4. The van der Waals surface area contributed by atoms with Crippen molar-refractivity contribution in [3.8, 4) is 17.6 Å². The maximum absolute atomic E-state index is 12.8. The van der Waals surface area contributed by atoms with Crippen molar-refractivity contribution in [2.45, 2.75) is 95.5 Å². The van der Waals surface area contributed by atoms with Gasteiger partial charge in [-0.2, -0.15) is 26.9 Å². The minimum atomic E-state index is -5.91. The Morgan fingerprint density at radius 2 is 1.47 bits per heavy atom. The minimum absolute atomic E-state index is 0.0306. The standard InChI is InChI=1S/C33H34F3NO13S/c1-17(38)44-16-28-30(45-18(2)39)32(47-20(4)41)31(46-19(3)40)29(49-28)26-13-22(23(15-37)14-27(26)48-24-6-5-7-24)12-21-8-10-25(11-9-21)50-51(42,43)33(34,35)36/h8-11,13-14,24,28-32H,5-7,12,16H2,1-4H3/t28-,29+,30-,31+,32+/m1/s1. The first-order chi connectivity index (χ1) is 23.9. The lowest BCUT2D eigenvalue weighted by molar-refractivity contribution is -0.254. The van der Waals surface area contributed by atoms with E-state index in [0.717, 1.165) is 46.2 Å². The molecule has 14 nitrogen and oxygen atoms in total. The van der Waals surface area contributed by atoms with E-state index < -0.39 is 82.4 Å². The summed E-state index contributed by atoms with van der Waals surface area (Å²) in [6.07, 6.45) is -4.98. The SMILES string of the molecule is CC(=O)OC[C@H]1O[C@@H](c2cc(Cc3ccc(OS(=O)(=O)C(F)(F)F)cc3)c(C#N)cc2OC2CCC2)[C@H](OC(C)=O)[C@@H](OC(C)=O)[C@@H]1OC(C)=O. The molecule has 18 heteroatoms. The van der Waals surface area contributed by atoms with Gasteiger partial charge in [-0.3, -0.25) is 19.2 Å². The van der Waals surface area contributed by atoms with Crippen LogP contribution in [0.25, 0.3) is 0 Å². The summed E-state index contributed by atoms with van der Waals surface area (Å²) >= 11 is 0. The summed E-state index contributed by atoms with van der Waals surface area (Å²) in [5, 5.41) is 10.1. The highest BCUT2D eigenvalue weighted by Crippen LogP contribution is 2.43. The zero-order chi connectivity index (χ0) is 37.7. The van der Waals surface area contributed by atoms with Crippen molar-refractivity contribution in [3.63, 3.8) is 0 Å². The molecule has 0 amide bonds. The second-order valence-corrected chi connectivity index (χ2v) is 13.3. The maximum atomic E-state index is 12.8. The first-order valence-corrected chi connectivity index (χ1v) is 16.9. The topological polar surface area (TPSA) is 191 Å². The quantitative estimate of drug-likeness (QED) is 0.131. The maximum Gasteiger partial charge on any atom is 0.534 e. The average molecular weight is 742 g/mol. The van der Waals surface area contributed by atoms with Gasteiger partial charge in [-0.1, -0.05) is 12.1 Å². The van der Waals surface area contributed by atoms with Crippen LogP contribution >= 0.6 is 0 Å². The zero-order valence-corrected chi connectivity index (χ0v) is 28.6. The smallest absolute Gasteiger partial charge is 0.490 e.